The molecule has 0 aliphatic carbocycles. The van der Waals surface area contributed by atoms with Gasteiger partial charge in [0.05, 0.1) is 52.0 Å². The molecule has 1 aromatic carbocycles. The number of methoxy groups -OCH3 is 1. The van der Waals surface area contributed by atoms with Crippen molar-refractivity contribution >= 4 is 45.3 Å². The van der Waals surface area contributed by atoms with Gasteiger partial charge in [-0.15, -0.1) is 0 Å². The Hall–Kier alpha value is -2.79. The average molecular weight is 643 g/mol. The molecule has 1 fully saturated rings. The van der Waals surface area contributed by atoms with Gasteiger partial charge in [0.15, 0.2) is 5.65 Å². The molecule has 38 heavy (non-hydrogen) atoms. The van der Waals surface area contributed by atoms with E-state index < -0.39 is 40.4 Å². The summed E-state index contributed by atoms with van der Waals surface area (Å²) in [7, 11) is 1.49. The second-order valence-corrected chi connectivity index (χ2v) is 11.3. The van der Waals surface area contributed by atoms with Crippen molar-refractivity contribution in [1.29, 1.82) is 0 Å². The number of fused-ring (bicyclic) bond motifs is 1. The van der Waals surface area contributed by atoms with Gasteiger partial charge in [-0.25, -0.2) is 0 Å². The molecule has 2 aromatic heterocycles. The van der Waals surface area contributed by atoms with Gasteiger partial charge in [-0.3, -0.25) is 19.9 Å². The lowest BCUT2D eigenvalue weighted by atomic mass is 9.83. The highest BCUT2D eigenvalue weighted by Crippen LogP contribution is 2.44. The largest absolute Gasteiger partial charge is 0.496 e. The van der Waals surface area contributed by atoms with Gasteiger partial charge in [-0.2, -0.15) is 4.98 Å². The molecule has 0 radical (unpaired) electrons. The molecular formula is C24H30IN5O8. The molecule has 4 atom stereocenters. The molecule has 0 unspecified atom stereocenters. The van der Waals surface area contributed by atoms with Crippen LogP contribution in [0.5, 0.6) is 5.75 Å². The number of nitrogens with zero attached hydrogens (tertiary/aromatic N) is 3. The van der Waals surface area contributed by atoms with Crippen molar-refractivity contribution in [3.63, 3.8) is 0 Å². The Balaban J connectivity index is 1.77. The van der Waals surface area contributed by atoms with E-state index in [1.165, 1.54) is 13.2 Å². The van der Waals surface area contributed by atoms with Crippen molar-refractivity contribution in [2.24, 2.45) is 5.41 Å². The Kier molecular flexibility index (Phi) is 7.99. The summed E-state index contributed by atoms with van der Waals surface area (Å²) in [6.45, 7) is 5.23. The van der Waals surface area contributed by atoms with E-state index in [4.69, 9.17) is 19.9 Å². The third-order valence-electron chi connectivity index (χ3n) is 6.45. The molecule has 13 nitrogen and oxygen atoms in total. The monoisotopic (exact) mass is 643 g/mol. The SMILES string of the molecule is COc1cc([C@@H](OCc2cn([C@H]3C[C@@H](O)[C@@H](CO)O3)c3nc(N)[nH]c(=O)c23)C(C)(C)C)c([N+](=O)[O-])cc1I. The topological polar surface area (TPSA) is 188 Å². The Morgan fingerprint density at radius 1 is 1.42 bits per heavy atom. The summed E-state index contributed by atoms with van der Waals surface area (Å²) in [6, 6.07) is 3.05. The van der Waals surface area contributed by atoms with Crippen LogP contribution in [0.1, 0.15) is 50.7 Å². The van der Waals surface area contributed by atoms with E-state index in [9.17, 15) is 25.1 Å². The van der Waals surface area contributed by atoms with Gasteiger partial charge in [0.25, 0.3) is 11.2 Å². The fourth-order valence-electron chi connectivity index (χ4n) is 4.69. The fourth-order valence-corrected chi connectivity index (χ4v) is 5.36. The first kappa shape index (κ1) is 28.2. The Morgan fingerprint density at radius 2 is 2.13 bits per heavy atom. The summed E-state index contributed by atoms with van der Waals surface area (Å²) in [6.07, 6.45) is -1.33. The van der Waals surface area contributed by atoms with Crippen molar-refractivity contribution in [1.82, 2.24) is 14.5 Å². The first-order valence-corrected chi connectivity index (χ1v) is 12.9. The Morgan fingerprint density at radius 3 is 2.71 bits per heavy atom. The molecule has 14 heteroatoms. The summed E-state index contributed by atoms with van der Waals surface area (Å²) in [5, 5.41) is 31.9. The number of hydrogen-bond acceptors (Lipinski definition) is 10. The van der Waals surface area contributed by atoms with E-state index >= 15 is 0 Å². The summed E-state index contributed by atoms with van der Waals surface area (Å²) >= 11 is 1.98. The van der Waals surface area contributed by atoms with E-state index in [0.717, 1.165) is 0 Å². The van der Waals surface area contributed by atoms with Gasteiger partial charge in [0, 0.05) is 24.2 Å². The third-order valence-corrected chi connectivity index (χ3v) is 7.29. The summed E-state index contributed by atoms with van der Waals surface area (Å²) in [4.78, 5) is 31.2. The van der Waals surface area contributed by atoms with Crippen molar-refractivity contribution in [2.45, 2.75) is 58.3 Å². The number of nitrogen functional groups attached to an aromatic ring is 1. The van der Waals surface area contributed by atoms with E-state index in [1.54, 1.807) is 16.8 Å². The molecule has 3 aromatic rings. The van der Waals surface area contributed by atoms with Crippen LogP contribution in [0.25, 0.3) is 11.0 Å². The Labute approximate surface area is 231 Å². The van der Waals surface area contributed by atoms with E-state index in [2.05, 4.69) is 9.97 Å². The van der Waals surface area contributed by atoms with Crippen LogP contribution in [0.15, 0.2) is 23.1 Å². The number of nitro groups is 1. The minimum atomic E-state index is -0.900. The number of aromatic nitrogens is 3. The lowest BCUT2D eigenvalue weighted by Crippen LogP contribution is -2.24. The molecule has 0 saturated carbocycles. The number of aromatic amines is 1. The molecule has 0 spiro atoms. The van der Waals surface area contributed by atoms with Crippen LogP contribution in [0.4, 0.5) is 11.6 Å². The van der Waals surface area contributed by atoms with Crippen LogP contribution in [0.3, 0.4) is 0 Å². The van der Waals surface area contributed by atoms with E-state index in [1.807, 2.05) is 43.4 Å². The van der Waals surface area contributed by atoms with E-state index in [-0.39, 0.29) is 42.3 Å². The minimum Gasteiger partial charge on any atom is -0.496 e. The summed E-state index contributed by atoms with van der Waals surface area (Å²) < 4.78 is 19.7. The van der Waals surface area contributed by atoms with Gasteiger partial charge < -0.3 is 34.7 Å². The number of anilines is 1. The zero-order valence-corrected chi connectivity index (χ0v) is 23.5. The predicted octanol–water partition coefficient (Wildman–Crippen LogP) is 2.77. The number of nitrogens with one attached hydrogen (secondary N) is 1. The normalized spacial score (nSPS) is 20.7. The molecule has 5 N–H and O–H groups in total. The maximum absolute atomic E-state index is 12.9. The minimum absolute atomic E-state index is 0.0930. The Bertz CT molecular complexity index is 1420. The van der Waals surface area contributed by atoms with Gasteiger partial charge >= 0.3 is 0 Å². The highest BCUT2D eigenvalue weighted by atomic mass is 127. The number of ether oxygens (including phenoxy) is 3. The molecule has 0 bridgehead atoms. The number of halogens is 1. The lowest BCUT2D eigenvalue weighted by molar-refractivity contribution is -0.386. The van der Waals surface area contributed by atoms with Crippen molar-refractivity contribution in [3.05, 3.63) is 53.5 Å². The smallest absolute Gasteiger partial charge is 0.276 e. The number of aliphatic hydroxyl groups is 2. The number of rotatable bonds is 8. The molecular weight excluding hydrogens is 613 g/mol. The number of H-pyrrole nitrogens is 1. The maximum atomic E-state index is 12.9. The third kappa shape index (κ3) is 5.36. The van der Waals surface area contributed by atoms with Gasteiger partial charge in [0.2, 0.25) is 5.95 Å². The van der Waals surface area contributed by atoms with Crippen LogP contribution in [0, 0.1) is 19.1 Å². The summed E-state index contributed by atoms with van der Waals surface area (Å²) in [5.74, 6) is 0.382. The van der Waals surface area contributed by atoms with Crippen LogP contribution < -0.4 is 16.0 Å². The van der Waals surface area contributed by atoms with Crippen molar-refractivity contribution in [3.8, 4) is 5.75 Å². The molecule has 1 aliphatic heterocycles. The second-order valence-electron chi connectivity index (χ2n) is 10.2. The highest BCUT2D eigenvalue weighted by Gasteiger charge is 2.37. The van der Waals surface area contributed by atoms with E-state index in [0.29, 0.717) is 20.4 Å². The maximum Gasteiger partial charge on any atom is 0.276 e. The second kappa shape index (κ2) is 10.8. The van der Waals surface area contributed by atoms with Gasteiger partial charge in [0.1, 0.15) is 18.1 Å². The molecule has 1 saturated heterocycles. The van der Waals surface area contributed by atoms with Crippen molar-refractivity contribution < 1.29 is 29.3 Å². The molecule has 3 heterocycles. The number of hydrogen-bond donors (Lipinski definition) is 4. The predicted molar refractivity (Wildman–Crippen MR) is 146 cm³/mol. The van der Waals surface area contributed by atoms with Crippen LogP contribution in [0.2, 0.25) is 0 Å². The lowest BCUT2D eigenvalue weighted by Gasteiger charge is -2.31. The number of nitro benzene ring substituents is 1. The standard InChI is InChI=1S/C24H30IN5O8/c1-24(2,3)20(12-5-16(36-4)13(25)6-14(12)30(34)35)37-10-11-8-29(18-7-15(32)17(9-31)38-18)21-19(11)22(33)28-23(26)27-21/h5-6,8,15,17-18,20,31-32H,7,9-10H2,1-4H3,(H3,26,27,28,33)/t15-,17-,18-,20-/m1/s1. The quantitative estimate of drug-likeness (QED) is 0.162. The fraction of sp³-hybridized carbons (Fsp3) is 0.500. The van der Waals surface area contributed by atoms with Gasteiger partial charge in [-0.1, -0.05) is 20.8 Å². The zero-order valence-electron chi connectivity index (χ0n) is 21.3. The molecule has 4 rings (SSSR count). The zero-order chi connectivity index (χ0) is 27.9. The highest BCUT2D eigenvalue weighted by molar-refractivity contribution is 14.1. The first-order chi connectivity index (χ1) is 17.8. The molecule has 0 amide bonds. The summed E-state index contributed by atoms with van der Waals surface area (Å²) in [5.41, 5.74) is 5.66. The number of nitrogens with two attached hydrogens (primary N) is 1. The molecule has 1 aliphatic rings. The number of aliphatic hydroxyl groups excluding tert-OH is 2. The van der Waals surface area contributed by atoms with Crippen LogP contribution >= 0.6 is 22.6 Å². The van der Waals surface area contributed by atoms with Crippen molar-refractivity contribution in [2.75, 3.05) is 19.5 Å². The van der Waals surface area contributed by atoms with Crippen LogP contribution in [-0.4, -0.2) is 55.6 Å². The molecule has 206 valence electrons. The first-order valence-electron chi connectivity index (χ1n) is 11.8. The number of benzene rings is 1. The van der Waals surface area contributed by atoms with Gasteiger partial charge in [-0.05, 0) is 34.1 Å². The average Bonchev–Trinajstić information content (AvgIpc) is 3.38. The van der Waals surface area contributed by atoms with Crippen LogP contribution in [-0.2, 0) is 16.1 Å².